The number of sulfone groups is 1. The van der Waals surface area contributed by atoms with Crippen LogP contribution in [0.1, 0.15) is 12.5 Å². The van der Waals surface area contributed by atoms with Gasteiger partial charge in [0.1, 0.15) is 11.8 Å². The summed E-state index contributed by atoms with van der Waals surface area (Å²) in [5.41, 5.74) is 1.17. The van der Waals surface area contributed by atoms with E-state index in [1.807, 2.05) is 0 Å². The number of esters is 1. The number of ether oxygens (including phenoxy) is 2. The maximum atomic E-state index is 11.4. The van der Waals surface area contributed by atoms with Crippen molar-refractivity contribution >= 4 is 21.5 Å². The van der Waals surface area contributed by atoms with Gasteiger partial charge in [-0.05, 0) is 24.6 Å². The van der Waals surface area contributed by atoms with E-state index >= 15 is 0 Å². The van der Waals surface area contributed by atoms with Gasteiger partial charge in [-0.1, -0.05) is 6.07 Å². The minimum absolute atomic E-state index is 0.0712. The molecule has 0 spiro atoms. The topological polar surface area (TPSA) is 81.7 Å². The van der Waals surface area contributed by atoms with Crippen molar-refractivity contribution in [2.24, 2.45) is 0 Å². The molecular weight excluding hydrogens is 282 g/mol. The number of nitrogens with one attached hydrogen (secondary N) is 1. The highest BCUT2D eigenvalue weighted by molar-refractivity contribution is 7.89. The molecule has 7 heteroatoms. The van der Waals surface area contributed by atoms with E-state index in [-0.39, 0.29) is 5.75 Å². The van der Waals surface area contributed by atoms with E-state index in [4.69, 9.17) is 4.74 Å². The lowest BCUT2D eigenvalue weighted by Gasteiger charge is -2.16. The van der Waals surface area contributed by atoms with Gasteiger partial charge in [0.25, 0.3) is 0 Å². The Bertz CT molecular complexity index is 582. The third kappa shape index (κ3) is 4.73. The zero-order valence-corrected chi connectivity index (χ0v) is 12.8. The average molecular weight is 301 g/mol. The summed E-state index contributed by atoms with van der Waals surface area (Å²) in [6.45, 7) is 1.65. The van der Waals surface area contributed by atoms with E-state index in [0.29, 0.717) is 17.0 Å². The fourth-order valence-electron chi connectivity index (χ4n) is 1.73. The Morgan fingerprint density at radius 2 is 2.00 bits per heavy atom. The molecule has 0 saturated carbocycles. The molecule has 20 heavy (non-hydrogen) atoms. The number of carbonyl (C=O) groups is 1. The Labute approximate surface area is 119 Å². The first-order chi connectivity index (χ1) is 9.26. The Hall–Kier alpha value is -1.76. The average Bonchev–Trinajstić information content (AvgIpc) is 2.36. The van der Waals surface area contributed by atoms with Crippen LogP contribution in [0.4, 0.5) is 5.69 Å². The highest BCUT2D eigenvalue weighted by atomic mass is 32.2. The van der Waals surface area contributed by atoms with Gasteiger partial charge in [-0.25, -0.2) is 13.2 Å². The molecule has 0 aliphatic carbocycles. The molecule has 0 fully saturated rings. The molecule has 1 unspecified atom stereocenters. The number of methoxy groups -OCH3 is 2. The standard InChI is InChI=1S/C13H19NO5S/c1-9(13(15)19-3)14-11-7-10(8-20(4,16)17)5-6-12(11)18-2/h5-7,9,14H,8H2,1-4H3. The molecular formula is C13H19NO5S. The van der Waals surface area contributed by atoms with Crippen LogP contribution in [0.5, 0.6) is 5.75 Å². The molecule has 0 aromatic heterocycles. The van der Waals surface area contributed by atoms with Crippen LogP contribution in [-0.2, 0) is 25.1 Å². The van der Waals surface area contributed by atoms with E-state index in [1.54, 1.807) is 25.1 Å². The molecule has 0 amide bonds. The molecule has 1 aromatic rings. The lowest BCUT2D eigenvalue weighted by atomic mass is 10.2. The van der Waals surface area contributed by atoms with Crippen molar-refractivity contribution in [3.8, 4) is 5.75 Å². The second-order valence-electron chi connectivity index (χ2n) is 4.49. The number of rotatable bonds is 6. The van der Waals surface area contributed by atoms with Crippen molar-refractivity contribution < 1.29 is 22.7 Å². The van der Waals surface area contributed by atoms with Crippen molar-refractivity contribution in [3.63, 3.8) is 0 Å². The quantitative estimate of drug-likeness (QED) is 0.795. The third-order valence-electron chi connectivity index (χ3n) is 2.62. The minimum Gasteiger partial charge on any atom is -0.495 e. The maximum absolute atomic E-state index is 11.4. The largest absolute Gasteiger partial charge is 0.495 e. The molecule has 0 aliphatic rings. The zero-order valence-electron chi connectivity index (χ0n) is 12.0. The van der Waals surface area contributed by atoms with Crippen molar-refractivity contribution in [1.29, 1.82) is 0 Å². The molecule has 0 radical (unpaired) electrons. The van der Waals surface area contributed by atoms with Crippen LogP contribution < -0.4 is 10.1 Å². The molecule has 0 saturated heterocycles. The van der Waals surface area contributed by atoms with Crippen LogP contribution in [0.15, 0.2) is 18.2 Å². The Morgan fingerprint density at radius 1 is 1.35 bits per heavy atom. The van der Waals surface area contributed by atoms with E-state index in [0.717, 1.165) is 0 Å². The normalized spacial score (nSPS) is 12.6. The Balaban J connectivity index is 3.03. The number of hydrogen-bond donors (Lipinski definition) is 1. The lowest BCUT2D eigenvalue weighted by Crippen LogP contribution is -2.27. The predicted octanol–water partition coefficient (Wildman–Crippen LogP) is 1.21. The van der Waals surface area contributed by atoms with Gasteiger partial charge in [0.05, 0.1) is 25.7 Å². The van der Waals surface area contributed by atoms with Crippen molar-refractivity contribution in [2.45, 2.75) is 18.7 Å². The summed E-state index contributed by atoms with van der Waals surface area (Å²) >= 11 is 0. The smallest absolute Gasteiger partial charge is 0.327 e. The van der Waals surface area contributed by atoms with Gasteiger partial charge in [-0.15, -0.1) is 0 Å². The Morgan fingerprint density at radius 3 is 2.50 bits per heavy atom. The van der Waals surface area contributed by atoms with Gasteiger partial charge in [-0.2, -0.15) is 0 Å². The summed E-state index contributed by atoms with van der Waals surface area (Å²) in [5.74, 6) is 0.0386. The molecule has 112 valence electrons. The number of benzene rings is 1. The summed E-state index contributed by atoms with van der Waals surface area (Å²) in [4.78, 5) is 11.4. The van der Waals surface area contributed by atoms with Crippen molar-refractivity contribution in [2.75, 3.05) is 25.8 Å². The number of carbonyl (C=O) groups excluding carboxylic acids is 1. The molecule has 0 bridgehead atoms. The molecule has 6 nitrogen and oxygen atoms in total. The molecule has 0 aliphatic heterocycles. The SMILES string of the molecule is COC(=O)C(C)Nc1cc(CS(C)(=O)=O)ccc1OC. The first kappa shape index (κ1) is 16.3. The van der Waals surface area contributed by atoms with Gasteiger partial charge >= 0.3 is 5.97 Å². The summed E-state index contributed by atoms with van der Waals surface area (Å²) in [5, 5.41) is 2.94. The van der Waals surface area contributed by atoms with Crippen LogP contribution in [-0.4, -0.2) is 40.9 Å². The van der Waals surface area contributed by atoms with Gasteiger partial charge in [0.2, 0.25) is 0 Å². The summed E-state index contributed by atoms with van der Waals surface area (Å²) < 4.78 is 32.4. The minimum atomic E-state index is -3.12. The fraction of sp³-hybridized carbons (Fsp3) is 0.462. The van der Waals surface area contributed by atoms with Crippen molar-refractivity contribution in [1.82, 2.24) is 0 Å². The Kier molecular flexibility index (Phi) is 5.38. The molecule has 0 heterocycles. The van der Waals surface area contributed by atoms with Crippen LogP contribution >= 0.6 is 0 Å². The summed E-state index contributed by atoms with van der Waals surface area (Å²) in [6.07, 6.45) is 1.17. The van der Waals surface area contributed by atoms with Gasteiger partial charge in [0, 0.05) is 6.26 Å². The zero-order chi connectivity index (χ0) is 15.3. The van der Waals surface area contributed by atoms with Crippen LogP contribution in [0.3, 0.4) is 0 Å². The second kappa shape index (κ2) is 6.60. The van der Waals surface area contributed by atoms with Crippen LogP contribution in [0, 0.1) is 0 Å². The number of anilines is 1. The first-order valence-corrected chi connectivity index (χ1v) is 8.02. The fourth-order valence-corrected chi connectivity index (χ4v) is 2.51. The maximum Gasteiger partial charge on any atom is 0.327 e. The summed E-state index contributed by atoms with van der Waals surface area (Å²) in [6, 6.07) is 4.42. The predicted molar refractivity (Wildman–Crippen MR) is 76.6 cm³/mol. The molecule has 1 N–H and O–H groups in total. The van der Waals surface area contributed by atoms with Crippen LogP contribution in [0.25, 0.3) is 0 Å². The first-order valence-electron chi connectivity index (χ1n) is 5.96. The molecule has 1 atom stereocenters. The van der Waals surface area contributed by atoms with Crippen LogP contribution in [0.2, 0.25) is 0 Å². The third-order valence-corrected chi connectivity index (χ3v) is 3.48. The van der Waals surface area contributed by atoms with E-state index < -0.39 is 21.8 Å². The highest BCUT2D eigenvalue weighted by Crippen LogP contribution is 2.27. The highest BCUT2D eigenvalue weighted by Gasteiger charge is 2.16. The number of hydrogen-bond acceptors (Lipinski definition) is 6. The van der Waals surface area contributed by atoms with Gasteiger partial charge in [0.15, 0.2) is 9.84 Å². The monoisotopic (exact) mass is 301 g/mol. The van der Waals surface area contributed by atoms with Gasteiger partial charge < -0.3 is 14.8 Å². The van der Waals surface area contributed by atoms with Crippen molar-refractivity contribution in [3.05, 3.63) is 23.8 Å². The molecule has 1 aromatic carbocycles. The van der Waals surface area contributed by atoms with E-state index in [2.05, 4.69) is 10.1 Å². The van der Waals surface area contributed by atoms with E-state index in [9.17, 15) is 13.2 Å². The van der Waals surface area contributed by atoms with Gasteiger partial charge in [-0.3, -0.25) is 0 Å². The molecule has 1 rings (SSSR count). The summed E-state index contributed by atoms with van der Waals surface area (Å²) in [7, 11) is -0.320. The second-order valence-corrected chi connectivity index (χ2v) is 6.63. The lowest BCUT2D eigenvalue weighted by molar-refractivity contribution is -0.141. The van der Waals surface area contributed by atoms with E-state index in [1.165, 1.54) is 20.5 Å².